The van der Waals surface area contributed by atoms with Gasteiger partial charge in [-0.3, -0.25) is 0 Å². The number of thioether (sulfide) groups is 1. The summed E-state index contributed by atoms with van der Waals surface area (Å²) in [4.78, 5) is 0. The van der Waals surface area contributed by atoms with Gasteiger partial charge in [-0.2, -0.15) is 11.8 Å². The Labute approximate surface area is 101 Å². The lowest BCUT2D eigenvalue weighted by Crippen LogP contribution is -2.13. The van der Waals surface area contributed by atoms with Crippen molar-refractivity contribution in [3.63, 3.8) is 0 Å². The van der Waals surface area contributed by atoms with E-state index in [1.807, 2.05) is 36.9 Å². The van der Waals surface area contributed by atoms with Crippen LogP contribution in [0, 0.1) is 12.8 Å². The Morgan fingerprint density at radius 2 is 2.31 bits per heavy atom. The summed E-state index contributed by atoms with van der Waals surface area (Å²) in [5, 5.41) is 10.4. The number of ether oxygens (including phenoxy) is 1. The summed E-state index contributed by atoms with van der Waals surface area (Å²) < 4.78 is 5.31. The number of benzene rings is 1. The minimum absolute atomic E-state index is 0.376. The molecule has 2 unspecified atom stereocenters. The van der Waals surface area contributed by atoms with Gasteiger partial charge in [0, 0.05) is 5.56 Å². The van der Waals surface area contributed by atoms with Crippen LogP contribution >= 0.6 is 11.8 Å². The molecule has 1 heterocycles. The first kappa shape index (κ1) is 11.8. The summed E-state index contributed by atoms with van der Waals surface area (Å²) >= 11 is 1.92. The molecule has 0 bridgehead atoms. The predicted octanol–water partition coefficient (Wildman–Crippen LogP) is 2.79. The van der Waals surface area contributed by atoms with Crippen LogP contribution in [0.3, 0.4) is 0 Å². The lowest BCUT2D eigenvalue weighted by Gasteiger charge is -2.20. The molecular formula is C13H18O2S. The summed E-state index contributed by atoms with van der Waals surface area (Å²) in [6.07, 6.45) is 0.716. The second-order valence-corrected chi connectivity index (χ2v) is 5.46. The van der Waals surface area contributed by atoms with Crippen molar-refractivity contribution in [2.24, 2.45) is 5.92 Å². The third-order valence-electron chi connectivity index (χ3n) is 3.12. The molecule has 2 rings (SSSR count). The Morgan fingerprint density at radius 1 is 1.50 bits per heavy atom. The van der Waals surface area contributed by atoms with Crippen LogP contribution in [-0.4, -0.2) is 23.7 Å². The van der Waals surface area contributed by atoms with Gasteiger partial charge >= 0.3 is 0 Å². The van der Waals surface area contributed by atoms with Gasteiger partial charge in [0.2, 0.25) is 0 Å². The quantitative estimate of drug-likeness (QED) is 0.878. The first-order valence-corrected chi connectivity index (χ1v) is 6.78. The lowest BCUT2D eigenvalue weighted by atomic mass is 9.93. The van der Waals surface area contributed by atoms with Gasteiger partial charge in [0.25, 0.3) is 0 Å². The minimum Gasteiger partial charge on any atom is -0.496 e. The fourth-order valence-corrected chi connectivity index (χ4v) is 3.43. The third kappa shape index (κ3) is 2.36. The molecule has 1 N–H and O–H groups in total. The van der Waals surface area contributed by atoms with Crippen LogP contribution in [0.15, 0.2) is 18.2 Å². The largest absolute Gasteiger partial charge is 0.496 e. The molecule has 0 saturated carbocycles. The molecule has 0 aliphatic carbocycles. The monoisotopic (exact) mass is 238 g/mol. The van der Waals surface area contributed by atoms with E-state index in [1.165, 1.54) is 5.56 Å². The summed E-state index contributed by atoms with van der Waals surface area (Å²) in [5.41, 5.74) is 2.11. The molecule has 1 aliphatic rings. The van der Waals surface area contributed by atoms with Crippen molar-refractivity contribution in [3.05, 3.63) is 29.3 Å². The van der Waals surface area contributed by atoms with Crippen LogP contribution in [0.5, 0.6) is 5.75 Å². The highest BCUT2D eigenvalue weighted by molar-refractivity contribution is 7.99. The minimum atomic E-state index is -0.384. The maximum absolute atomic E-state index is 10.4. The molecule has 1 saturated heterocycles. The van der Waals surface area contributed by atoms with E-state index in [-0.39, 0.29) is 6.10 Å². The van der Waals surface area contributed by atoms with Gasteiger partial charge in [0.05, 0.1) is 13.2 Å². The Kier molecular flexibility index (Phi) is 3.77. The van der Waals surface area contributed by atoms with Crippen molar-refractivity contribution in [3.8, 4) is 5.75 Å². The topological polar surface area (TPSA) is 29.5 Å². The van der Waals surface area contributed by atoms with Crippen LogP contribution in [0.1, 0.15) is 23.7 Å². The molecule has 0 spiro atoms. The van der Waals surface area contributed by atoms with E-state index in [0.29, 0.717) is 5.92 Å². The predicted molar refractivity (Wildman–Crippen MR) is 68.1 cm³/mol. The van der Waals surface area contributed by atoms with Gasteiger partial charge in [-0.15, -0.1) is 0 Å². The molecule has 1 aliphatic heterocycles. The fraction of sp³-hybridized carbons (Fsp3) is 0.538. The average molecular weight is 238 g/mol. The van der Waals surface area contributed by atoms with Gasteiger partial charge < -0.3 is 9.84 Å². The van der Waals surface area contributed by atoms with E-state index < -0.39 is 0 Å². The number of hydrogen-bond acceptors (Lipinski definition) is 3. The molecule has 2 atom stereocenters. The molecule has 88 valence electrons. The fourth-order valence-electron chi connectivity index (χ4n) is 2.14. The van der Waals surface area contributed by atoms with Gasteiger partial charge in [0.15, 0.2) is 0 Å². The zero-order valence-corrected chi connectivity index (χ0v) is 10.6. The smallest absolute Gasteiger partial charge is 0.124 e. The molecule has 1 aromatic rings. The Bertz CT molecular complexity index is 359. The Hall–Kier alpha value is -0.670. The highest BCUT2D eigenvalue weighted by atomic mass is 32.2. The van der Waals surface area contributed by atoms with E-state index in [1.54, 1.807) is 7.11 Å². The maximum Gasteiger partial charge on any atom is 0.124 e. The van der Waals surface area contributed by atoms with Crippen molar-refractivity contribution in [2.75, 3.05) is 18.6 Å². The van der Waals surface area contributed by atoms with Crippen LogP contribution in [0.4, 0.5) is 0 Å². The lowest BCUT2D eigenvalue weighted by molar-refractivity contribution is 0.118. The summed E-state index contributed by atoms with van der Waals surface area (Å²) in [7, 11) is 1.66. The number of rotatable bonds is 3. The molecule has 1 fully saturated rings. The van der Waals surface area contributed by atoms with Crippen molar-refractivity contribution < 1.29 is 9.84 Å². The second-order valence-electron chi connectivity index (χ2n) is 4.31. The molecule has 0 amide bonds. The summed E-state index contributed by atoms with van der Waals surface area (Å²) in [5.74, 6) is 3.39. The van der Waals surface area contributed by atoms with Gasteiger partial charge in [-0.25, -0.2) is 0 Å². The normalized spacial score (nSPS) is 22.1. The van der Waals surface area contributed by atoms with Crippen molar-refractivity contribution >= 4 is 11.8 Å². The summed E-state index contributed by atoms with van der Waals surface area (Å²) in [6, 6.07) is 5.99. The van der Waals surface area contributed by atoms with Gasteiger partial charge in [-0.05, 0) is 42.9 Å². The van der Waals surface area contributed by atoms with E-state index >= 15 is 0 Å². The van der Waals surface area contributed by atoms with Crippen molar-refractivity contribution in [1.29, 1.82) is 0 Å². The van der Waals surface area contributed by atoms with Crippen molar-refractivity contribution in [1.82, 2.24) is 0 Å². The highest BCUT2D eigenvalue weighted by Gasteiger charge is 2.26. The first-order valence-electron chi connectivity index (χ1n) is 5.62. The molecular weight excluding hydrogens is 220 g/mol. The molecule has 2 nitrogen and oxygen atoms in total. The van der Waals surface area contributed by atoms with E-state index in [2.05, 4.69) is 0 Å². The van der Waals surface area contributed by atoms with E-state index in [9.17, 15) is 5.11 Å². The number of hydrogen-bond donors (Lipinski definition) is 1. The third-order valence-corrected chi connectivity index (χ3v) is 4.30. The van der Waals surface area contributed by atoms with Crippen molar-refractivity contribution in [2.45, 2.75) is 19.4 Å². The number of aliphatic hydroxyl groups excluding tert-OH is 1. The zero-order chi connectivity index (χ0) is 11.5. The first-order chi connectivity index (χ1) is 7.72. The second kappa shape index (κ2) is 5.11. The van der Waals surface area contributed by atoms with E-state index in [4.69, 9.17) is 4.74 Å². The molecule has 3 heteroatoms. The van der Waals surface area contributed by atoms with Crippen LogP contribution in [0.2, 0.25) is 0 Å². The number of methoxy groups -OCH3 is 1. The van der Waals surface area contributed by atoms with Crippen LogP contribution in [0.25, 0.3) is 0 Å². The molecule has 0 radical (unpaired) electrons. The van der Waals surface area contributed by atoms with Gasteiger partial charge in [-0.1, -0.05) is 11.6 Å². The Morgan fingerprint density at radius 3 is 2.94 bits per heavy atom. The molecule has 0 aromatic heterocycles. The SMILES string of the molecule is COc1ccc(C)cc1C(O)C1CCSC1. The van der Waals surface area contributed by atoms with Crippen LogP contribution < -0.4 is 4.74 Å². The summed E-state index contributed by atoms with van der Waals surface area (Å²) in [6.45, 7) is 2.04. The van der Waals surface area contributed by atoms with E-state index in [0.717, 1.165) is 29.2 Å². The molecule has 1 aromatic carbocycles. The number of aryl methyl sites for hydroxylation is 1. The standard InChI is InChI=1S/C13H18O2S/c1-9-3-4-12(15-2)11(7-9)13(14)10-5-6-16-8-10/h3-4,7,10,13-14H,5-6,8H2,1-2H3. The maximum atomic E-state index is 10.4. The Balaban J connectivity index is 2.26. The average Bonchev–Trinajstić information content (AvgIpc) is 2.81. The molecule has 16 heavy (non-hydrogen) atoms. The van der Waals surface area contributed by atoms with Crippen LogP contribution in [-0.2, 0) is 0 Å². The zero-order valence-electron chi connectivity index (χ0n) is 9.77. The highest BCUT2D eigenvalue weighted by Crippen LogP contribution is 2.37. The van der Waals surface area contributed by atoms with Gasteiger partial charge in [0.1, 0.15) is 5.75 Å². The number of aliphatic hydroxyl groups is 1.